The fourth-order valence-corrected chi connectivity index (χ4v) is 4.23. The summed E-state index contributed by atoms with van der Waals surface area (Å²) in [5, 5.41) is 3.83. The van der Waals surface area contributed by atoms with Crippen molar-refractivity contribution in [1.82, 2.24) is 14.9 Å². The van der Waals surface area contributed by atoms with Crippen LogP contribution in [0.4, 0.5) is 0 Å². The summed E-state index contributed by atoms with van der Waals surface area (Å²) >= 11 is 3.54. The van der Waals surface area contributed by atoms with E-state index in [-0.39, 0.29) is 18.0 Å². The molecule has 1 aromatic carbocycles. The molecule has 0 aliphatic heterocycles. The van der Waals surface area contributed by atoms with Gasteiger partial charge in [-0.1, -0.05) is 29.8 Å². The van der Waals surface area contributed by atoms with Gasteiger partial charge in [-0.2, -0.15) is 0 Å². The zero-order valence-corrected chi connectivity index (χ0v) is 18.3. The Morgan fingerprint density at radius 1 is 1.21 bits per heavy atom. The Balaban J connectivity index is 1.93. The number of aromatic amines is 1. The van der Waals surface area contributed by atoms with Gasteiger partial charge in [-0.15, -0.1) is 0 Å². The summed E-state index contributed by atoms with van der Waals surface area (Å²) in [7, 11) is 0. The number of halogens is 1. The van der Waals surface area contributed by atoms with E-state index in [1.807, 2.05) is 32.0 Å². The van der Waals surface area contributed by atoms with Crippen LogP contribution < -0.4 is 10.9 Å². The Labute approximate surface area is 173 Å². The molecule has 3 rings (SSSR count). The lowest BCUT2D eigenvalue weighted by Crippen LogP contribution is -2.28. The Morgan fingerprint density at radius 2 is 1.93 bits per heavy atom. The maximum absolute atomic E-state index is 12.9. The van der Waals surface area contributed by atoms with Crippen LogP contribution in [-0.4, -0.2) is 15.5 Å². The van der Waals surface area contributed by atoms with E-state index in [1.165, 1.54) is 0 Å². The number of nitrogens with zero attached hydrogens (tertiary/aromatic N) is 1. The zero-order valence-electron chi connectivity index (χ0n) is 16.7. The van der Waals surface area contributed by atoms with E-state index in [1.54, 1.807) is 0 Å². The third-order valence-electron chi connectivity index (χ3n) is 5.30. The summed E-state index contributed by atoms with van der Waals surface area (Å²) in [5.41, 5.74) is 3.76. The second-order valence-corrected chi connectivity index (χ2v) is 8.12. The molecule has 2 N–H and O–H groups in total. The first-order valence-corrected chi connectivity index (χ1v) is 10.4. The number of amides is 1. The van der Waals surface area contributed by atoms with Gasteiger partial charge >= 0.3 is 0 Å². The molecule has 0 spiro atoms. The molecule has 5 nitrogen and oxygen atoms in total. The summed E-state index contributed by atoms with van der Waals surface area (Å²) < 4.78 is 3.10. The molecule has 0 aliphatic carbocycles. The summed E-state index contributed by atoms with van der Waals surface area (Å²) in [5.74, 6) is -0.187. The van der Waals surface area contributed by atoms with E-state index in [9.17, 15) is 9.59 Å². The lowest BCUT2D eigenvalue weighted by Gasteiger charge is -2.17. The molecule has 1 amide bonds. The molecule has 0 unspecified atom stereocenters. The summed E-state index contributed by atoms with van der Waals surface area (Å²) in [4.78, 5) is 27.9. The number of hydrogen-bond acceptors (Lipinski definition) is 2. The topological polar surface area (TPSA) is 66.9 Å². The van der Waals surface area contributed by atoms with E-state index < -0.39 is 0 Å². The van der Waals surface area contributed by atoms with Crippen molar-refractivity contribution < 1.29 is 4.79 Å². The van der Waals surface area contributed by atoms with Gasteiger partial charge in [-0.3, -0.25) is 9.59 Å². The van der Waals surface area contributed by atoms with Crippen LogP contribution in [0.15, 0.2) is 39.7 Å². The molecule has 0 saturated heterocycles. The van der Waals surface area contributed by atoms with Crippen LogP contribution >= 0.6 is 15.9 Å². The van der Waals surface area contributed by atoms with Crippen LogP contribution in [0.5, 0.6) is 0 Å². The fourth-order valence-electron chi connectivity index (χ4n) is 3.78. The van der Waals surface area contributed by atoms with Crippen LogP contribution in [0, 0.1) is 13.8 Å². The Morgan fingerprint density at radius 3 is 2.57 bits per heavy atom. The number of H-pyrrole nitrogens is 1. The zero-order chi connectivity index (χ0) is 20.4. The average Bonchev–Trinajstić information content (AvgIpc) is 3.04. The number of aryl methyl sites for hydroxylation is 2. The van der Waals surface area contributed by atoms with E-state index in [0.717, 1.165) is 39.5 Å². The van der Waals surface area contributed by atoms with Crippen molar-refractivity contribution in [3.8, 4) is 0 Å². The molecule has 2 heterocycles. The van der Waals surface area contributed by atoms with Gasteiger partial charge in [0.15, 0.2) is 0 Å². The molecule has 0 atom stereocenters. The first-order valence-electron chi connectivity index (χ1n) is 9.63. The standard InChI is InChI=1S/C22H26BrN3O2/c1-5-16(6-2)26-8-7-17-18(10-15(23)11-20(17)26)21(27)24-12-19-13(3)9-14(4)25-22(19)28/h7-11,16H,5-6,12H2,1-4H3,(H,24,27)(H,25,28). The highest BCUT2D eigenvalue weighted by atomic mass is 79.9. The highest BCUT2D eigenvalue weighted by Gasteiger charge is 2.17. The maximum atomic E-state index is 12.9. The van der Waals surface area contributed by atoms with Crippen LogP contribution in [0.25, 0.3) is 10.9 Å². The molecular formula is C22H26BrN3O2. The third kappa shape index (κ3) is 3.92. The van der Waals surface area contributed by atoms with Crippen LogP contribution in [0.1, 0.15) is 59.9 Å². The molecule has 148 valence electrons. The Bertz CT molecular complexity index is 1080. The molecule has 0 radical (unpaired) electrons. The predicted octanol–water partition coefficient (Wildman–Crippen LogP) is 5.00. The molecular weight excluding hydrogens is 418 g/mol. The SMILES string of the molecule is CCC(CC)n1ccc2c(C(=O)NCc3c(C)cc(C)[nH]c3=O)cc(Br)cc21. The number of pyridine rings is 1. The van der Waals surface area contributed by atoms with Gasteiger partial charge in [0.1, 0.15) is 0 Å². The second-order valence-electron chi connectivity index (χ2n) is 7.21. The number of rotatable bonds is 6. The van der Waals surface area contributed by atoms with Crippen LogP contribution in [-0.2, 0) is 6.54 Å². The van der Waals surface area contributed by atoms with Gasteiger partial charge < -0.3 is 14.9 Å². The summed E-state index contributed by atoms with van der Waals surface area (Å²) in [6, 6.07) is 8.20. The van der Waals surface area contributed by atoms with Gasteiger partial charge in [-0.25, -0.2) is 0 Å². The van der Waals surface area contributed by atoms with E-state index in [0.29, 0.717) is 17.2 Å². The Kier molecular flexibility index (Phi) is 6.08. The van der Waals surface area contributed by atoms with Gasteiger partial charge in [0.25, 0.3) is 11.5 Å². The molecule has 0 aliphatic rings. The van der Waals surface area contributed by atoms with Gasteiger partial charge in [-0.05, 0) is 56.5 Å². The average molecular weight is 444 g/mol. The van der Waals surface area contributed by atoms with E-state index >= 15 is 0 Å². The lowest BCUT2D eigenvalue weighted by atomic mass is 10.1. The van der Waals surface area contributed by atoms with Gasteiger partial charge in [0.05, 0.1) is 5.52 Å². The number of aromatic nitrogens is 2. The maximum Gasteiger partial charge on any atom is 0.253 e. The largest absolute Gasteiger partial charge is 0.348 e. The quantitative estimate of drug-likeness (QED) is 0.562. The molecule has 3 aromatic rings. The third-order valence-corrected chi connectivity index (χ3v) is 5.76. The van der Waals surface area contributed by atoms with Crippen molar-refractivity contribution in [2.24, 2.45) is 0 Å². The van der Waals surface area contributed by atoms with E-state index in [4.69, 9.17) is 0 Å². The van der Waals surface area contributed by atoms with Crippen molar-refractivity contribution in [3.63, 3.8) is 0 Å². The molecule has 28 heavy (non-hydrogen) atoms. The summed E-state index contributed by atoms with van der Waals surface area (Å²) in [6.07, 6.45) is 4.12. The van der Waals surface area contributed by atoms with Crippen molar-refractivity contribution >= 4 is 32.7 Å². The fraction of sp³-hybridized carbons (Fsp3) is 0.364. The predicted molar refractivity (Wildman–Crippen MR) is 117 cm³/mol. The lowest BCUT2D eigenvalue weighted by molar-refractivity contribution is 0.0952. The highest BCUT2D eigenvalue weighted by molar-refractivity contribution is 9.10. The monoisotopic (exact) mass is 443 g/mol. The smallest absolute Gasteiger partial charge is 0.253 e. The summed E-state index contributed by atoms with van der Waals surface area (Å²) in [6.45, 7) is 8.28. The minimum atomic E-state index is -0.187. The normalized spacial score (nSPS) is 11.4. The number of carbonyl (C=O) groups excluding carboxylic acids is 1. The molecule has 0 fully saturated rings. The first-order chi connectivity index (χ1) is 13.3. The molecule has 0 saturated carbocycles. The Hall–Kier alpha value is -2.34. The van der Waals surface area contributed by atoms with Crippen molar-refractivity contribution in [2.45, 2.75) is 53.1 Å². The van der Waals surface area contributed by atoms with Crippen LogP contribution in [0.3, 0.4) is 0 Å². The number of nitrogens with one attached hydrogen (secondary N) is 2. The van der Waals surface area contributed by atoms with Gasteiger partial charge in [0.2, 0.25) is 0 Å². The highest BCUT2D eigenvalue weighted by Crippen LogP contribution is 2.29. The number of fused-ring (bicyclic) bond motifs is 1. The molecule has 6 heteroatoms. The molecule has 0 bridgehead atoms. The first kappa shape index (κ1) is 20.4. The van der Waals surface area contributed by atoms with E-state index in [2.05, 4.69) is 56.9 Å². The van der Waals surface area contributed by atoms with Crippen molar-refractivity contribution in [3.05, 3.63) is 67.7 Å². The van der Waals surface area contributed by atoms with Crippen LogP contribution in [0.2, 0.25) is 0 Å². The van der Waals surface area contributed by atoms with Crippen molar-refractivity contribution in [1.29, 1.82) is 0 Å². The minimum Gasteiger partial charge on any atom is -0.348 e. The number of hydrogen-bond donors (Lipinski definition) is 2. The number of benzene rings is 1. The number of carbonyl (C=O) groups is 1. The van der Waals surface area contributed by atoms with Crippen molar-refractivity contribution in [2.75, 3.05) is 0 Å². The van der Waals surface area contributed by atoms with Gasteiger partial charge in [0, 0.05) is 45.5 Å². The molecule has 2 aromatic heterocycles. The second kappa shape index (κ2) is 8.35. The minimum absolute atomic E-state index is 0.155.